The lowest BCUT2D eigenvalue weighted by atomic mass is 10.1. The van der Waals surface area contributed by atoms with Gasteiger partial charge in [-0.25, -0.2) is 0 Å². The number of hydrogen-bond donors (Lipinski definition) is 1. The van der Waals surface area contributed by atoms with Gasteiger partial charge in [-0.3, -0.25) is 10.1 Å². The zero-order valence-electron chi connectivity index (χ0n) is 13.4. The molecule has 1 fully saturated rings. The molecule has 2 unspecified atom stereocenters. The highest BCUT2D eigenvalue weighted by Crippen LogP contribution is 2.28. The van der Waals surface area contributed by atoms with Crippen LogP contribution in [0.15, 0.2) is 24.3 Å². The van der Waals surface area contributed by atoms with Gasteiger partial charge in [0.05, 0.1) is 13.2 Å². The van der Waals surface area contributed by atoms with Crippen molar-refractivity contribution >= 4 is 5.91 Å². The van der Waals surface area contributed by atoms with E-state index in [2.05, 4.69) is 19.2 Å². The molecular weight excluding hydrogens is 264 g/mol. The minimum absolute atomic E-state index is 0.0212. The van der Waals surface area contributed by atoms with E-state index in [4.69, 9.17) is 4.74 Å². The smallest absolute Gasteiger partial charge is 0.241 e. The van der Waals surface area contributed by atoms with E-state index in [0.29, 0.717) is 5.92 Å². The molecule has 116 valence electrons. The molecule has 0 radical (unpaired) electrons. The number of nitrogens with one attached hydrogen (secondary N) is 1. The first-order chi connectivity index (χ1) is 10.1. The summed E-state index contributed by atoms with van der Waals surface area (Å²) in [5.41, 5.74) is 1.11. The molecule has 2 atom stereocenters. The molecule has 0 aromatic heterocycles. The van der Waals surface area contributed by atoms with Crippen molar-refractivity contribution in [1.82, 2.24) is 10.2 Å². The van der Waals surface area contributed by atoms with Gasteiger partial charge in [0.25, 0.3) is 0 Å². The van der Waals surface area contributed by atoms with E-state index in [9.17, 15) is 4.79 Å². The fourth-order valence-electron chi connectivity index (χ4n) is 2.67. The molecule has 1 saturated heterocycles. The minimum Gasteiger partial charge on any atom is -0.497 e. The number of amides is 1. The van der Waals surface area contributed by atoms with Crippen molar-refractivity contribution < 1.29 is 9.53 Å². The normalized spacial score (nSPS) is 22.1. The molecule has 1 aliphatic heterocycles. The van der Waals surface area contributed by atoms with Crippen LogP contribution in [-0.2, 0) is 4.79 Å². The van der Waals surface area contributed by atoms with Gasteiger partial charge < -0.3 is 9.64 Å². The third-order valence-electron chi connectivity index (χ3n) is 4.04. The van der Waals surface area contributed by atoms with E-state index in [1.807, 2.05) is 36.1 Å². The van der Waals surface area contributed by atoms with Crippen LogP contribution in [0.2, 0.25) is 0 Å². The molecule has 4 nitrogen and oxygen atoms in total. The Bertz CT molecular complexity index is 470. The highest BCUT2D eigenvalue weighted by atomic mass is 16.5. The van der Waals surface area contributed by atoms with Gasteiger partial charge in [-0.15, -0.1) is 0 Å². The van der Waals surface area contributed by atoms with Gasteiger partial charge in [0, 0.05) is 6.54 Å². The van der Waals surface area contributed by atoms with Crippen molar-refractivity contribution in [2.45, 2.75) is 45.8 Å². The maximum absolute atomic E-state index is 12.5. The second-order valence-corrected chi connectivity index (χ2v) is 6.02. The Morgan fingerprint density at radius 2 is 1.95 bits per heavy atom. The minimum atomic E-state index is -0.0655. The number of ether oxygens (including phenoxy) is 1. The predicted octanol–water partition coefficient (Wildman–Crippen LogP) is 2.95. The van der Waals surface area contributed by atoms with Crippen LogP contribution in [0.3, 0.4) is 0 Å². The second kappa shape index (κ2) is 6.94. The maximum atomic E-state index is 12.5. The lowest BCUT2D eigenvalue weighted by Gasteiger charge is -2.25. The van der Waals surface area contributed by atoms with Gasteiger partial charge in [-0.05, 0) is 36.5 Å². The monoisotopic (exact) mass is 290 g/mol. The van der Waals surface area contributed by atoms with Crippen LogP contribution >= 0.6 is 0 Å². The number of nitrogens with zero attached hydrogens (tertiary/aromatic N) is 1. The van der Waals surface area contributed by atoms with Crippen molar-refractivity contribution in [2.75, 3.05) is 13.7 Å². The average molecular weight is 290 g/mol. The Hall–Kier alpha value is -1.55. The molecule has 0 spiro atoms. The molecule has 1 aliphatic rings. The van der Waals surface area contributed by atoms with E-state index in [1.54, 1.807) is 7.11 Å². The molecule has 1 N–H and O–H groups in total. The molecule has 1 amide bonds. The van der Waals surface area contributed by atoms with E-state index >= 15 is 0 Å². The summed E-state index contributed by atoms with van der Waals surface area (Å²) in [5.74, 6) is 1.65. The third kappa shape index (κ3) is 3.56. The number of hydrogen-bond acceptors (Lipinski definition) is 3. The SMILES string of the molecule is CCC1NC(c2ccc(OC)cc2)N(CCC(C)C)C1=O. The van der Waals surface area contributed by atoms with Gasteiger partial charge in [0.2, 0.25) is 5.91 Å². The predicted molar refractivity (Wildman–Crippen MR) is 84.1 cm³/mol. The van der Waals surface area contributed by atoms with E-state index in [-0.39, 0.29) is 18.1 Å². The molecule has 0 bridgehead atoms. The number of methoxy groups -OCH3 is 1. The molecule has 1 aromatic rings. The average Bonchev–Trinajstić information content (AvgIpc) is 2.81. The van der Waals surface area contributed by atoms with Crippen LogP contribution in [0.4, 0.5) is 0 Å². The number of benzene rings is 1. The number of carbonyl (C=O) groups is 1. The zero-order chi connectivity index (χ0) is 15.4. The summed E-state index contributed by atoms with van der Waals surface area (Å²) >= 11 is 0. The van der Waals surface area contributed by atoms with E-state index < -0.39 is 0 Å². The molecule has 0 aliphatic carbocycles. The molecule has 1 heterocycles. The van der Waals surface area contributed by atoms with Gasteiger partial charge in [-0.2, -0.15) is 0 Å². The van der Waals surface area contributed by atoms with Crippen LogP contribution in [-0.4, -0.2) is 30.5 Å². The highest BCUT2D eigenvalue weighted by molar-refractivity contribution is 5.84. The lowest BCUT2D eigenvalue weighted by Crippen LogP contribution is -2.32. The summed E-state index contributed by atoms with van der Waals surface area (Å²) in [6, 6.07) is 7.89. The van der Waals surface area contributed by atoms with E-state index in [1.165, 1.54) is 0 Å². The summed E-state index contributed by atoms with van der Waals surface area (Å²) in [4.78, 5) is 14.5. The Morgan fingerprint density at radius 1 is 1.29 bits per heavy atom. The van der Waals surface area contributed by atoms with E-state index in [0.717, 1.165) is 30.7 Å². The number of carbonyl (C=O) groups excluding carboxylic acids is 1. The molecular formula is C17H26N2O2. The Morgan fingerprint density at radius 3 is 2.48 bits per heavy atom. The van der Waals surface area contributed by atoms with Gasteiger partial charge in [0.1, 0.15) is 11.9 Å². The van der Waals surface area contributed by atoms with Crippen LogP contribution in [0, 0.1) is 5.92 Å². The molecule has 2 rings (SSSR count). The van der Waals surface area contributed by atoms with Crippen molar-refractivity contribution in [3.8, 4) is 5.75 Å². The first-order valence-corrected chi connectivity index (χ1v) is 7.77. The molecule has 0 saturated carbocycles. The highest BCUT2D eigenvalue weighted by Gasteiger charge is 2.38. The zero-order valence-corrected chi connectivity index (χ0v) is 13.4. The Kier molecular flexibility index (Phi) is 5.23. The quantitative estimate of drug-likeness (QED) is 0.876. The van der Waals surface area contributed by atoms with Crippen molar-refractivity contribution in [2.24, 2.45) is 5.92 Å². The van der Waals surface area contributed by atoms with Gasteiger partial charge >= 0.3 is 0 Å². The third-order valence-corrected chi connectivity index (χ3v) is 4.04. The number of rotatable bonds is 6. The standard InChI is InChI=1S/C17H26N2O2/c1-5-15-17(20)19(11-10-12(2)3)16(18-15)13-6-8-14(21-4)9-7-13/h6-9,12,15-16,18H,5,10-11H2,1-4H3. The Balaban J connectivity index is 2.18. The fraction of sp³-hybridized carbons (Fsp3) is 0.588. The van der Waals surface area contributed by atoms with Gasteiger partial charge in [-0.1, -0.05) is 32.9 Å². The molecule has 21 heavy (non-hydrogen) atoms. The summed E-state index contributed by atoms with van der Waals surface area (Å²) in [5, 5.41) is 3.45. The summed E-state index contributed by atoms with van der Waals surface area (Å²) in [7, 11) is 1.66. The molecule has 1 aromatic carbocycles. The van der Waals surface area contributed by atoms with Crippen LogP contribution in [0.25, 0.3) is 0 Å². The summed E-state index contributed by atoms with van der Waals surface area (Å²) in [6.07, 6.45) is 1.83. The Labute approximate surface area is 127 Å². The van der Waals surface area contributed by atoms with Crippen molar-refractivity contribution in [3.05, 3.63) is 29.8 Å². The first kappa shape index (κ1) is 15.8. The first-order valence-electron chi connectivity index (χ1n) is 7.77. The fourth-order valence-corrected chi connectivity index (χ4v) is 2.67. The van der Waals surface area contributed by atoms with Crippen LogP contribution in [0.1, 0.15) is 45.3 Å². The lowest BCUT2D eigenvalue weighted by molar-refractivity contribution is -0.130. The van der Waals surface area contributed by atoms with Crippen LogP contribution < -0.4 is 10.1 Å². The summed E-state index contributed by atoms with van der Waals surface area (Å²) < 4.78 is 5.20. The van der Waals surface area contributed by atoms with Crippen LogP contribution in [0.5, 0.6) is 5.75 Å². The summed E-state index contributed by atoms with van der Waals surface area (Å²) in [6.45, 7) is 7.23. The maximum Gasteiger partial charge on any atom is 0.241 e. The second-order valence-electron chi connectivity index (χ2n) is 6.02. The molecule has 4 heteroatoms. The van der Waals surface area contributed by atoms with Crippen molar-refractivity contribution in [1.29, 1.82) is 0 Å². The van der Waals surface area contributed by atoms with Gasteiger partial charge in [0.15, 0.2) is 0 Å². The van der Waals surface area contributed by atoms with Crippen molar-refractivity contribution in [3.63, 3.8) is 0 Å². The topological polar surface area (TPSA) is 41.6 Å². The largest absolute Gasteiger partial charge is 0.497 e.